The lowest BCUT2D eigenvalue weighted by Crippen LogP contribution is -2.28. The number of aromatic nitrogens is 1. The molecular weight excluding hydrogens is 374 g/mol. The number of anilines is 1. The number of pyridine rings is 1. The van der Waals surface area contributed by atoms with Crippen molar-refractivity contribution in [1.29, 1.82) is 0 Å². The highest BCUT2D eigenvalue weighted by Crippen LogP contribution is 2.43. The molecule has 1 aliphatic heterocycles. The SMILES string of the molecule is Cc1sc(NC(=O)c2cccs2)c([C@@H](c2cccnc2)N2CCCC2)c1C. The highest BCUT2D eigenvalue weighted by molar-refractivity contribution is 7.17. The molecule has 6 heteroatoms. The van der Waals surface area contributed by atoms with Gasteiger partial charge in [0.05, 0.1) is 10.9 Å². The van der Waals surface area contributed by atoms with Crippen LogP contribution in [0.1, 0.15) is 50.1 Å². The van der Waals surface area contributed by atoms with Crippen molar-refractivity contribution >= 4 is 33.6 Å². The number of amides is 1. The molecule has 4 heterocycles. The van der Waals surface area contributed by atoms with E-state index in [0.29, 0.717) is 0 Å². The topological polar surface area (TPSA) is 45.2 Å². The van der Waals surface area contributed by atoms with Gasteiger partial charge in [-0.25, -0.2) is 0 Å². The highest BCUT2D eigenvalue weighted by Gasteiger charge is 2.31. The van der Waals surface area contributed by atoms with Crippen LogP contribution >= 0.6 is 22.7 Å². The molecule has 0 aliphatic carbocycles. The molecule has 1 saturated heterocycles. The third kappa shape index (κ3) is 3.70. The fraction of sp³-hybridized carbons (Fsp3) is 0.333. The number of nitrogens with one attached hydrogen (secondary N) is 1. The molecule has 27 heavy (non-hydrogen) atoms. The monoisotopic (exact) mass is 397 g/mol. The summed E-state index contributed by atoms with van der Waals surface area (Å²) in [6.45, 7) is 6.45. The molecule has 4 rings (SSSR count). The maximum Gasteiger partial charge on any atom is 0.266 e. The lowest BCUT2D eigenvalue weighted by Gasteiger charge is -2.29. The standard InChI is InChI=1S/C21H23N3OS2/c1-14-15(2)27-21(23-20(25)17-8-6-12-26-17)18(14)19(24-10-3-4-11-24)16-7-5-9-22-13-16/h5-9,12-13,19H,3-4,10-11H2,1-2H3,(H,23,25)/t19-/m1/s1. The van der Waals surface area contributed by atoms with Gasteiger partial charge in [-0.3, -0.25) is 14.7 Å². The van der Waals surface area contributed by atoms with Gasteiger partial charge in [-0.15, -0.1) is 22.7 Å². The average molecular weight is 398 g/mol. The second-order valence-corrected chi connectivity index (χ2v) is 9.06. The van der Waals surface area contributed by atoms with E-state index in [1.165, 1.54) is 45.7 Å². The molecular formula is C21H23N3OS2. The van der Waals surface area contributed by atoms with E-state index in [1.54, 1.807) is 11.3 Å². The number of hydrogen-bond donors (Lipinski definition) is 1. The Kier molecular flexibility index (Phi) is 5.38. The zero-order chi connectivity index (χ0) is 18.8. The number of carbonyl (C=O) groups excluding carboxylic acids is 1. The Morgan fingerprint density at radius 1 is 1.22 bits per heavy atom. The first-order valence-electron chi connectivity index (χ1n) is 9.24. The molecule has 3 aromatic rings. The van der Waals surface area contributed by atoms with Crippen molar-refractivity contribution in [1.82, 2.24) is 9.88 Å². The molecule has 1 amide bonds. The molecule has 0 aromatic carbocycles. The molecule has 0 bridgehead atoms. The van der Waals surface area contributed by atoms with Crippen LogP contribution in [0.4, 0.5) is 5.00 Å². The number of aryl methyl sites for hydroxylation is 1. The number of thiophene rings is 2. The van der Waals surface area contributed by atoms with Crippen LogP contribution in [0.3, 0.4) is 0 Å². The van der Waals surface area contributed by atoms with E-state index in [0.717, 1.165) is 23.0 Å². The number of carbonyl (C=O) groups is 1. The van der Waals surface area contributed by atoms with E-state index in [1.807, 2.05) is 36.0 Å². The molecule has 0 unspecified atom stereocenters. The van der Waals surface area contributed by atoms with Gasteiger partial charge in [-0.05, 0) is 68.4 Å². The van der Waals surface area contributed by atoms with E-state index in [-0.39, 0.29) is 11.9 Å². The minimum atomic E-state index is -0.0288. The molecule has 3 aromatic heterocycles. The van der Waals surface area contributed by atoms with Gasteiger partial charge < -0.3 is 5.32 Å². The molecule has 1 fully saturated rings. The zero-order valence-corrected chi connectivity index (χ0v) is 17.2. The van der Waals surface area contributed by atoms with Crippen LogP contribution in [-0.2, 0) is 0 Å². The first kappa shape index (κ1) is 18.3. The second kappa shape index (κ2) is 7.92. The Morgan fingerprint density at radius 2 is 2.04 bits per heavy atom. The molecule has 140 valence electrons. The third-order valence-corrected chi connectivity index (χ3v) is 7.19. The van der Waals surface area contributed by atoms with Crippen molar-refractivity contribution in [3.63, 3.8) is 0 Å². The predicted octanol–water partition coefficient (Wildman–Crippen LogP) is 5.26. The zero-order valence-electron chi connectivity index (χ0n) is 15.6. The van der Waals surface area contributed by atoms with E-state index < -0.39 is 0 Å². The summed E-state index contributed by atoms with van der Waals surface area (Å²) in [5, 5.41) is 6.09. The fourth-order valence-electron chi connectivity index (χ4n) is 3.74. The van der Waals surface area contributed by atoms with Gasteiger partial charge in [0.1, 0.15) is 5.00 Å². The van der Waals surface area contributed by atoms with E-state index in [9.17, 15) is 4.79 Å². The second-order valence-electron chi connectivity index (χ2n) is 6.89. The van der Waals surface area contributed by atoms with Crippen molar-refractivity contribution in [3.05, 3.63) is 68.5 Å². The van der Waals surface area contributed by atoms with Gasteiger partial charge in [0.25, 0.3) is 5.91 Å². The maximum absolute atomic E-state index is 12.7. The van der Waals surface area contributed by atoms with Crippen molar-refractivity contribution in [2.75, 3.05) is 18.4 Å². The van der Waals surface area contributed by atoms with E-state index >= 15 is 0 Å². The van der Waals surface area contributed by atoms with Gasteiger partial charge in [0.2, 0.25) is 0 Å². The van der Waals surface area contributed by atoms with Crippen molar-refractivity contribution < 1.29 is 4.79 Å². The predicted molar refractivity (Wildman–Crippen MR) is 113 cm³/mol. The largest absolute Gasteiger partial charge is 0.313 e. The molecule has 4 nitrogen and oxygen atoms in total. The average Bonchev–Trinajstić information content (AvgIpc) is 3.42. The summed E-state index contributed by atoms with van der Waals surface area (Å²) in [6, 6.07) is 8.05. The molecule has 0 spiro atoms. The van der Waals surface area contributed by atoms with Crippen LogP contribution in [0.5, 0.6) is 0 Å². The lowest BCUT2D eigenvalue weighted by molar-refractivity contribution is 0.103. The summed E-state index contributed by atoms with van der Waals surface area (Å²) >= 11 is 3.14. The Bertz CT molecular complexity index is 913. The van der Waals surface area contributed by atoms with Gasteiger partial charge in [-0.1, -0.05) is 12.1 Å². The first-order valence-corrected chi connectivity index (χ1v) is 10.9. The summed E-state index contributed by atoms with van der Waals surface area (Å²) in [4.78, 5) is 21.6. The van der Waals surface area contributed by atoms with Gasteiger partial charge in [0, 0.05) is 22.8 Å². The summed E-state index contributed by atoms with van der Waals surface area (Å²) < 4.78 is 0. The minimum Gasteiger partial charge on any atom is -0.313 e. The molecule has 1 aliphatic rings. The van der Waals surface area contributed by atoms with E-state index in [2.05, 4.69) is 35.1 Å². The van der Waals surface area contributed by atoms with Gasteiger partial charge >= 0.3 is 0 Å². The summed E-state index contributed by atoms with van der Waals surface area (Å²) in [6.07, 6.45) is 6.21. The van der Waals surface area contributed by atoms with Gasteiger partial charge in [0.15, 0.2) is 0 Å². The Morgan fingerprint density at radius 3 is 2.70 bits per heavy atom. The van der Waals surface area contributed by atoms with Crippen molar-refractivity contribution in [2.45, 2.75) is 32.7 Å². The molecule has 0 radical (unpaired) electrons. The third-order valence-electron chi connectivity index (χ3n) is 5.18. The maximum atomic E-state index is 12.7. The normalized spacial score (nSPS) is 15.8. The van der Waals surface area contributed by atoms with Crippen molar-refractivity contribution in [3.8, 4) is 0 Å². The van der Waals surface area contributed by atoms with Crippen molar-refractivity contribution in [2.24, 2.45) is 0 Å². The van der Waals surface area contributed by atoms with Gasteiger partial charge in [-0.2, -0.15) is 0 Å². The fourth-order valence-corrected chi connectivity index (χ4v) is 5.44. The Labute approximate surface area is 167 Å². The number of rotatable bonds is 5. The molecule has 1 N–H and O–H groups in total. The number of likely N-dealkylation sites (tertiary alicyclic amines) is 1. The molecule has 0 saturated carbocycles. The van der Waals surface area contributed by atoms with Crippen LogP contribution < -0.4 is 5.32 Å². The number of hydrogen-bond acceptors (Lipinski definition) is 5. The smallest absolute Gasteiger partial charge is 0.266 e. The van der Waals surface area contributed by atoms with E-state index in [4.69, 9.17) is 0 Å². The highest BCUT2D eigenvalue weighted by atomic mass is 32.1. The Balaban J connectivity index is 1.76. The van der Waals surface area contributed by atoms with Crippen LogP contribution in [0.25, 0.3) is 0 Å². The summed E-state index contributed by atoms with van der Waals surface area (Å²) in [7, 11) is 0. The van der Waals surface area contributed by atoms with Crippen LogP contribution in [-0.4, -0.2) is 28.9 Å². The van der Waals surface area contributed by atoms with Crippen LogP contribution in [0.15, 0.2) is 42.0 Å². The summed E-state index contributed by atoms with van der Waals surface area (Å²) in [5.41, 5.74) is 3.67. The molecule has 1 atom stereocenters. The van der Waals surface area contributed by atoms with Crippen LogP contribution in [0, 0.1) is 13.8 Å². The quantitative estimate of drug-likeness (QED) is 0.639. The van der Waals surface area contributed by atoms with Crippen LogP contribution in [0.2, 0.25) is 0 Å². The minimum absolute atomic E-state index is 0.0288. The summed E-state index contributed by atoms with van der Waals surface area (Å²) in [5.74, 6) is -0.0288. The number of nitrogens with zero attached hydrogens (tertiary/aromatic N) is 2. The Hall–Kier alpha value is -2.02. The first-order chi connectivity index (χ1) is 13.1. The lowest BCUT2D eigenvalue weighted by atomic mass is 9.96.